The summed E-state index contributed by atoms with van der Waals surface area (Å²) in [4.78, 5) is 27.6. The molecule has 2 rings (SSSR count). The van der Waals surface area contributed by atoms with Crippen LogP contribution in [0.3, 0.4) is 0 Å². The lowest BCUT2D eigenvalue weighted by Crippen LogP contribution is -2.49. The molecule has 8 nitrogen and oxygen atoms in total. The fourth-order valence-electron chi connectivity index (χ4n) is 3.71. The molecule has 192 valence electrons. The molecule has 2 amide bonds. The van der Waals surface area contributed by atoms with Crippen LogP contribution in [0.25, 0.3) is 0 Å². The van der Waals surface area contributed by atoms with Crippen LogP contribution in [0.2, 0.25) is 0 Å². The molecule has 35 heavy (non-hydrogen) atoms. The predicted molar refractivity (Wildman–Crippen MR) is 139 cm³/mol. The molecule has 1 atom stereocenters. The molecule has 0 aliphatic carbocycles. The average Bonchev–Trinajstić information content (AvgIpc) is 2.79. The van der Waals surface area contributed by atoms with Crippen LogP contribution in [0.5, 0.6) is 5.75 Å². The van der Waals surface area contributed by atoms with Crippen molar-refractivity contribution in [3.63, 3.8) is 0 Å². The maximum Gasteiger partial charge on any atom is 0.242 e. The number of benzene rings is 2. The molecule has 0 bridgehead atoms. The number of rotatable bonds is 12. The lowest BCUT2D eigenvalue weighted by atomic mass is 10.1. The van der Waals surface area contributed by atoms with Gasteiger partial charge in [0.25, 0.3) is 0 Å². The zero-order valence-electron chi connectivity index (χ0n) is 21.4. The Bertz CT molecular complexity index is 1100. The lowest BCUT2D eigenvalue weighted by Gasteiger charge is -2.30. The van der Waals surface area contributed by atoms with Crippen LogP contribution >= 0.6 is 0 Å². The lowest BCUT2D eigenvalue weighted by molar-refractivity contribution is -0.140. The minimum Gasteiger partial charge on any atom is -0.497 e. The molecule has 0 aromatic heterocycles. The molecule has 0 spiro atoms. The van der Waals surface area contributed by atoms with Crippen molar-refractivity contribution in [1.82, 2.24) is 10.2 Å². The quantitative estimate of drug-likeness (QED) is 0.478. The summed E-state index contributed by atoms with van der Waals surface area (Å²) in [6.45, 7) is 7.87. The van der Waals surface area contributed by atoms with E-state index in [0.717, 1.165) is 17.4 Å². The van der Waals surface area contributed by atoms with Crippen molar-refractivity contribution < 1.29 is 22.7 Å². The van der Waals surface area contributed by atoms with Gasteiger partial charge in [0.1, 0.15) is 11.8 Å². The monoisotopic (exact) mass is 503 g/mol. The fourth-order valence-corrected chi connectivity index (χ4v) is 4.68. The Morgan fingerprint density at radius 1 is 1.03 bits per heavy atom. The topological polar surface area (TPSA) is 96.0 Å². The Morgan fingerprint density at radius 3 is 2.20 bits per heavy atom. The number of nitrogens with one attached hydrogen (secondary N) is 1. The summed E-state index contributed by atoms with van der Waals surface area (Å²) in [5.41, 5.74) is 2.49. The first-order valence-electron chi connectivity index (χ1n) is 11.7. The van der Waals surface area contributed by atoms with E-state index in [-0.39, 0.29) is 30.8 Å². The van der Waals surface area contributed by atoms with Crippen molar-refractivity contribution in [3.05, 3.63) is 59.7 Å². The second-order valence-corrected chi connectivity index (χ2v) is 10.8. The summed E-state index contributed by atoms with van der Waals surface area (Å²) in [5, 5.41) is 2.87. The normalized spacial score (nSPS) is 12.2. The Balaban J connectivity index is 2.17. The number of hydrogen-bond donors (Lipinski definition) is 1. The van der Waals surface area contributed by atoms with Gasteiger partial charge in [-0.25, -0.2) is 8.42 Å². The highest BCUT2D eigenvalue weighted by Gasteiger charge is 2.27. The summed E-state index contributed by atoms with van der Waals surface area (Å²) in [6.07, 6.45) is 1.55. The molecular formula is C26H37N3O5S. The van der Waals surface area contributed by atoms with Crippen molar-refractivity contribution >= 4 is 27.5 Å². The van der Waals surface area contributed by atoms with Gasteiger partial charge in [-0.2, -0.15) is 0 Å². The number of sulfonamides is 1. The van der Waals surface area contributed by atoms with Gasteiger partial charge in [-0.05, 0) is 69.5 Å². The number of nitrogens with zero attached hydrogens (tertiary/aromatic N) is 2. The largest absolute Gasteiger partial charge is 0.497 e. The smallest absolute Gasteiger partial charge is 0.242 e. The summed E-state index contributed by atoms with van der Waals surface area (Å²) >= 11 is 0. The number of hydrogen-bond acceptors (Lipinski definition) is 5. The van der Waals surface area contributed by atoms with Crippen LogP contribution in [-0.2, 0) is 26.2 Å². The molecule has 1 N–H and O–H groups in total. The molecule has 0 saturated heterocycles. The number of carbonyl (C=O) groups excluding carboxylic acids is 2. The summed E-state index contributed by atoms with van der Waals surface area (Å²) in [7, 11) is -2.01. The van der Waals surface area contributed by atoms with Crippen LogP contribution in [-0.4, -0.2) is 57.1 Å². The van der Waals surface area contributed by atoms with E-state index in [9.17, 15) is 18.0 Å². The minimum atomic E-state index is -3.55. The molecule has 0 aliphatic heterocycles. The van der Waals surface area contributed by atoms with Crippen LogP contribution in [0.4, 0.5) is 5.69 Å². The SMILES string of the molecule is COc1ccc(N(CCCC(=O)N(Cc2ccccc2C)C(C)C(=O)NC(C)C)S(C)(=O)=O)cc1. The minimum absolute atomic E-state index is 0.0480. The van der Waals surface area contributed by atoms with Crippen LogP contribution in [0, 0.1) is 6.92 Å². The van der Waals surface area contributed by atoms with Gasteiger partial charge in [0.05, 0.1) is 19.1 Å². The molecule has 0 heterocycles. The van der Waals surface area contributed by atoms with Crippen molar-refractivity contribution in [2.75, 3.05) is 24.2 Å². The van der Waals surface area contributed by atoms with Crippen LogP contribution < -0.4 is 14.4 Å². The van der Waals surface area contributed by atoms with E-state index < -0.39 is 16.1 Å². The number of amides is 2. The van der Waals surface area contributed by atoms with E-state index in [4.69, 9.17) is 4.74 Å². The Hall–Kier alpha value is -3.07. The van der Waals surface area contributed by atoms with Crippen molar-refractivity contribution in [2.24, 2.45) is 0 Å². The van der Waals surface area contributed by atoms with E-state index in [2.05, 4.69) is 5.32 Å². The van der Waals surface area contributed by atoms with Gasteiger partial charge >= 0.3 is 0 Å². The fraction of sp³-hybridized carbons (Fsp3) is 0.462. The highest BCUT2D eigenvalue weighted by atomic mass is 32.2. The van der Waals surface area contributed by atoms with E-state index in [1.165, 1.54) is 4.31 Å². The third kappa shape index (κ3) is 8.28. The van der Waals surface area contributed by atoms with Gasteiger partial charge in [0.2, 0.25) is 21.8 Å². The number of ether oxygens (including phenoxy) is 1. The van der Waals surface area contributed by atoms with Gasteiger partial charge in [-0.1, -0.05) is 24.3 Å². The molecule has 0 radical (unpaired) electrons. The zero-order valence-corrected chi connectivity index (χ0v) is 22.3. The van der Waals surface area contributed by atoms with Gasteiger partial charge in [-0.15, -0.1) is 0 Å². The molecule has 1 unspecified atom stereocenters. The van der Waals surface area contributed by atoms with Crippen molar-refractivity contribution in [1.29, 1.82) is 0 Å². The van der Waals surface area contributed by atoms with Crippen LogP contribution in [0.15, 0.2) is 48.5 Å². The highest BCUT2D eigenvalue weighted by Crippen LogP contribution is 2.22. The molecule has 2 aromatic carbocycles. The van der Waals surface area contributed by atoms with E-state index >= 15 is 0 Å². The van der Waals surface area contributed by atoms with Gasteiger partial charge in [0.15, 0.2) is 0 Å². The van der Waals surface area contributed by atoms with Crippen molar-refractivity contribution in [2.45, 2.75) is 59.2 Å². The van der Waals surface area contributed by atoms with Crippen LogP contribution in [0.1, 0.15) is 44.7 Å². The Kier molecular flexibility index (Phi) is 10.1. The van der Waals surface area contributed by atoms with Gasteiger partial charge < -0.3 is 15.0 Å². The molecule has 0 saturated carbocycles. The summed E-state index contributed by atoms with van der Waals surface area (Å²) < 4.78 is 31.3. The maximum atomic E-state index is 13.3. The second kappa shape index (κ2) is 12.6. The number of carbonyl (C=O) groups is 2. The molecule has 9 heteroatoms. The third-order valence-corrected chi connectivity index (χ3v) is 6.91. The molecule has 0 aliphatic rings. The maximum absolute atomic E-state index is 13.3. The number of methoxy groups -OCH3 is 1. The van der Waals surface area contributed by atoms with Gasteiger partial charge in [0, 0.05) is 25.6 Å². The number of aryl methyl sites for hydroxylation is 1. The Morgan fingerprint density at radius 2 is 1.66 bits per heavy atom. The molecule has 0 fully saturated rings. The van der Waals surface area contributed by atoms with E-state index in [1.807, 2.05) is 45.0 Å². The van der Waals surface area contributed by atoms with Crippen molar-refractivity contribution in [3.8, 4) is 5.75 Å². The molecule has 2 aromatic rings. The second-order valence-electron chi connectivity index (χ2n) is 8.92. The zero-order chi connectivity index (χ0) is 26.2. The highest BCUT2D eigenvalue weighted by molar-refractivity contribution is 7.92. The average molecular weight is 504 g/mol. The Labute approximate surface area is 209 Å². The predicted octanol–water partition coefficient (Wildman–Crippen LogP) is 3.49. The standard InChI is InChI=1S/C26H37N3O5S/c1-19(2)27-26(31)21(4)28(18-22-11-8-7-10-20(22)3)25(30)12-9-17-29(35(6,32)33)23-13-15-24(34-5)16-14-23/h7-8,10-11,13-16,19,21H,9,12,17-18H2,1-6H3,(H,27,31). The third-order valence-electron chi connectivity index (χ3n) is 5.71. The molecular weight excluding hydrogens is 466 g/mol. The summed E-state index contributed by atoms with van der Waals surface area (Å²) in [6, 6.07) is 13.8. The van der Waals surface area contributed by atoms with Gasteiger partial charge in [-0.3, -0.25) is 13.9 Å². The van der Waals surface area contributed by atoms with E-state index in [1.54, 1.807) is 43.2 Å². The van der Waals surface area contributed by atoms with E-state index in [0.29, 0.717) is 24.4 Å². The first kappa shape index (κ1) is 28.2. The summed E-state index contributed by atoms with van der Waals surface area (Å²) in [5.74, 6) is 0.193. The number of anilines is 1. The first-order valence-corrected chi connectivity index (χ1v) is 13.5. The first-order chi connectivity index (χ1) is 16.4.